The molecule has 0 aliphatic heterocycles. The minimum absolute atomic E-state index is 0. The van der Waals surface area contributed by atoms with Crippen molar-refractivity contribution in [1.29, 1.82) is 0 Å². The van der Waals surface area contributed by atoms with E-state index in [0.29, 0.717) is 0 Å². The van der Waals surface area contributed by atoms with Gasteiger partial charge in [0.25, 0.3) is 0 Å². The minimum atomic E-state index is 0. The summed E-state index contributed by atoms with van der Waals surface area (Å²) < 4.78 is 0. The molecule has 0 N–H and O–H groups in total. The van der Waals surface area contributed by atoms with Crippen LogP contribution < -0.4 is 0 Å². The molecule has 0 fully saturated rings. The fraction of sp³-hybridized carbons (Fsp3) is 0. The van der Waals surface area contributed by atoms with Crippen molar-refractivity contribution < 1.29 is 0 Å². The van der Waals surface area contributed by atoms with Gasteiger partial charge in [0.15, 0.2) is 0 Å². The molecule has 0 aliphatic carbocycles. The average Bonchev–Trinajstić information content (AvgIpc) is 1.39. The minimum Gasteiger partial charge on any atom is -0.444 e. The van der Waals surface area contributed by atoms with Gasteiger partial charge >= 0.3 is 71.9 Å². The Labute approximate surface area is 101 Å². The molecule has 0 aromatic heterocycles. The van der Waals surface area contributed by atoms with E-state index in [4.69, 9.17) is 20.2 Å². The van der Waals surface area contributed by atoms with E-state index in [-0.39, 0.29) is 71.9 Å². The van der Waals surface area contributed by atoms with Crippen LogP contribution in [-0.2, 0) is 0 Å². The standard InChI is InChI=1S/Ba.Mg.2HNO2/c;;2*2-1-3/h;;2*(H,2,3)/q2*+2;;/p-2. The second kappa shape index (κ2) is 42.1. The summed E-state index contributed by atoms with van der Waals surface area (Å²) in [5, 5.41) is 18.0. The van der Waals surface area contributed by atoms with Crippen LogP contribution in [0.3, 0.4) is 0 Å². The Morgan fingerprint density at radius 1 is 1.00 bits per heavy atom. The molecule has 6 nitrogen and oxygen atoms in total. The molecule has 0 atom stereocenters. The molecule has 0 saturated heterocycles. The average molecular weight is 254 g/mol. The molecule has 0 bridgehead atoms. The van der Waals surface area contributed by atoms with Crippen LogP contribution in [0.25, 0.3) is 0 Å². The van der Waals surface area contributed by atoms with Gasteiger partial charge in [-0.25, -0.2) is 0 Å². The Bertz CT molecular complexity index is 35.0. The van der Waals surface area contributed by atoms with Crippen LogP contribution in [0.4, 0.5) is 0 Å². The molecule has 0 spiro atoms. The third-order valence-electron chi connectivity index (χ3n) is 0. The fourth-order valence-electron chi connectivity index (χ4n) is 0. The van der Waals surface area contributed by atoms with Crippen LogP contribution in [0.15, 0.2) is 10.7 Å². The van der Waals surface area contributed by atoms with Crippen LogP contribution in [0.1, 0.15) is 0 Å². The molecule has 0 unspecified atom stereocenters. The smallest absolute Gasteiger partial charge is 0.444 e. The summed E-state index contributed by atoms with van der Waals surface area (Å²) >= 11 is 0. The van der Waals surface area contributed by atoms with Crippen molar-refractivity contribution in [3.63, 3.8) is 0 Å². The van der Waals surface area contributed by atoms with Gasteiger partial charge in [-0.3, -0.25) is 0 Å². The van der Waals surface area contributed by atoms with Gasteiger partial charge in [-0.1, -0.05) is 0 Å². The Morgan fingerprint density at radius 2 is 1.00 bits per heavy atom. The molecular weight excluding hydrogens is 254 g/mol. The largest absolute Gasteiger partial charge is 2.00 e. The summed E-state index contributed by atoms with van der Waals surface area (Å²) in [6.45, 7) is 0. The summed E-state index contributed by atoms with van der Waals surface area (Å²) in [7, 11) is 0. The van der Waals surface area contributed by atoms with Gasteiger partial charge in [0, 0.05) is 0 Å². The summed E-state index contributed by atoms with van der Waals surface area (Å²) in [5.41, 5.74) is 0. The van der Waals surface area contributed by atoms with Crippen molar-refractivity contribution in [1.82, 2.24) is 0 Å². The van der Waals surface area contributed by atoms with Gasteiger partial charge in [0.2, 0.25) is 0 Å². The van der Waals surface area contributed by atoms with Crippen molar-refractivity contribution in [2.24, 2.45) is 10.7 Å². The van der Waals surface area contributed by atoms with E-state index >= 15 is 0 Å². The van der Waals surface area contributed by atoms with E-state index in [9.17, 15) is 0 Å². The van der Waals surface area contributed by atoms with Crippen molar-refractivity contribution in [2.45, 2.75) is 0 Å². The molecule has 0 amide bonds. The zero-order chi connectivity index (χ0) is 5.41. The predicted molar refractivity (Wildman–Crippen MR) is 29.8 cm³/mol. The van der Waals surface area contributed by atoms with Crippen molar-refractivity contribution >= 4 is 71.9 Å². The first-order valence-corrected chi connectivity index (χ1v) is 0.730. The van der Waals surface area contributed by atoms with Crippen LogP contribution in [0.2, 0.25) is 0 Å². The predicted octanol–water partition coefficient (Wildman–Crippen LogP) is -0.260. The molecule has 36 valence electrons. The van der Waals surface area contributed by atoms with Crippen LogP contribution >= 0.6 is 0 Å². The third kappa shape index (κ3) is 208. The summed E-state index contributed by atoms with van der Waals surface area (Å²) in [5.74, 6) is 0. The zero-order valence-electron chi connectivity index (χ0n) is 3.94. The molecule has 0 radical (unpaired) electrons. The Hall–Kier alpha value is 1.14. The van der Waals surface area contributed by atoms with Gasteiger partial charge in [0.1, 0.15) is 0 Å². The van der Waals surface area contributed by atoms with Crippen LogP contribution in [0, 0.1) is 20.2 Å². The van der Waals surface area contributed by atoms with Crippen molar-refractivity contribution in [2.75, 3.05) is 0 Å². The van der Waals surface area contributed by atoms with Crippen LogP contribution in [-0.4, -0.2) is 71.9 Å². The van der Waals surface area contributed by atoms with Gasteiger partial charge in [-0.2, -0.15) is 0 Å². The van der Waals surface area contributed by atoms with Crippen molar-refractivity contribution in [3.8, 4) is 0 Å². The topological polar surface area (TPSA) is 105 Å². The van der Waals surface area contributed by atoms with E-state index < -0.39 is 0 Å². The molecule has 0 saturated carbocycles. The van der Waals surface area contributed by atoms with Gasteiger partial charge in [0.05, 0.1) is 0 Å². The van der Waals surface area contributed by atoms with Crippen molar-refractivity contribution in [3.05, 3.63) is 20.2 Å². The maximum absolute atomic E-state index is 8.00. The molecule has 0 aliphatic rings. The fourth-order valence-corrected chi connectivity index (χ4v) is 0. The van der Waals surface area contributed by atoms with Gasteiger partial charge in [-0.15, -0.1) is 10.7 Å². The second-order valence-electron chi connectivity index (χ2n) is 0.149. The maximum atomic E-state index is 8.00. The van der Waals surface area contributed by atoms with Crippen LogP contribution in [0.5, 0.6) is 0 Å². The molecule has 8 heteroatoms. The van der Waals surface area contributed by atoms with E-state index in [1.54, 1.807) is 0 Å². The number of hydrogen-bond donors (Lipinski definition) is 0. The summed E-state index contributed by atoms with van der Waals surface area (Å²) in [4.78, 5) is 16.0. The SMILES string of the molecule is O=N[O-].O=N[O-].[Ba+2].[Mg+2]. The number of nitrogens with zero attached hydrogens (tertiary/aromatic N) is 2. The molecule has 0 rings (SSSR count). The normalized spacial score (nSPS) is 3.00. The molecule has 0 aromatic rings. The number of rotatable bonds is 0. The first-order chi connectivity index (χ1) is 2.83. The van der Waals surface area contributed by atoms with Gasteiger partial charge in [-0.05, 0) is 0 Å². The summed E-state index contributed by atoms with van der Waals surface area (Å²) in [6.07, 6.45) is 0. The van der Waals surface area contributed by atoms with E-state index in [2.05, 4.69) is 0 Å². The zero-order valence-corrected chi connectivity index (χ0v) is 9.80. The quantitative estimate of drug-likeness (QED) is 0.337. The summed E-state index contributed by atoms with van der Waals surface area (Å²) in [6, 6.07) is 0. The van der Waals surface area contributed by atoms with E-state index in [0.717, 1.165) is 10.7 Å². The van der Waals surface area contributed by atoms with E-state index in [1.807, 2.05) is 0 Å². The van der Waals surface area contributed by atoms with Gasteiger partial charge < -0.3 is 20.2 Å². The maximum Gasteiger partial charge on any atom is 2.00 e. The Kier molecular flexibility index (Phi) is 121. The Morgan fingerprint density at radius 3 is 1.00 bits per heavy atom. The molecular formula is BaMgN2O4+2. The molecule has 0 heterocycles. The molecule has 8 heavy (non-hydrogen) atoms. The molecule has 0 aromatic carbocycles. The number of hydrogen-bond acceptors (Lipinski definition) is 6. The Balaban J connectivity index is -0.0000000160. The van der Waals surface area contributed by atoms with E-state index in [1.165, 1.54) is 0 Å². The first-order valence-electron chi connectivity index (χ1n) is 0.730. The monoisotopic (exact) mass is 254 g/mol. The second-order valence-corrected chi connectivity index (χ2v) is 0.149. The first kappa shape index (κ1) is 22.9. The third-order valence-corrected chi connectivity index (χ3v) is 0.